The Bertz CT molecular complexity index is 969. The average molecular weight is 453 g/mol. The van der Waals surface area contributed by atoms with E-state index >= 15 is 8.78 Å². The molecule has 4 atom stereocenters. The van der Waals surface area contributed by atoms with Crippen LogP contribution in [0.2, 0.25) is 0 Å². The van der Waals surface area contributed by atoms with Gasteiger partial charge in [-0.1, -0.05) is 30.7 Å². The van der Waals surface area contributed by atoms with Crippen LogP contribution in [0, 0.1) is 35.2 Å². The predicted molar refractivity (Wildman–Crippen MR) is 131 cm³/mol. The van der Waals surface area contributed by atoms with Gasteiger partial charge in [-0.25, -0.2) is 13.2 Å². The van der Waals surface area contributed by atoms with E-state index in [-0.39, 0.29) is 17.0 Å². The molecule has 2 aromatic carbocycles. The molecule has 0 nitrogen and oxygen atoms in total. The molecule has 0 spiro atoms. The van der Waals surface area contributed by atoms with Crippen LogP contribution in [-0.2, 0) is 6.42 Å². The molecule has 3 heteroatoms. The van der Waals surface area contributed by atoms with Gasteiger partial charge >= 0.3 is 0 Å². The highest BCUT2D eigenvalue weighted by molar-refractivity contribution is 5.66. The molecule has 33 heavy (non-hydrogen) atoms. The molecule has 0 amide bonds. The van der Waals surface area contributed by atoms with E-state index in [1.54, 1.807) is 18.2 Å². The van der Waals surface area contributed by atoms with Gasteiger partial charge in [-0.2, -0.15) is 0 Å². The van der Waals surface area contributed by atoms with Gasteiger partial charge in [0.05, 0.1) is 5.56 Å². The number of allylic oxidation sites excluding steroid dienone is 2. The first-order chi connectivity index (χ1) is 16.0. The van der Waals surface area contributed by atoms with E-state index in [0.29, 0.717) is 24.3 Å². The maximum absolute atomic E-state index is 15.1. The van der Waals surface area contributed by atoms with Gasteiger partial charge in [-0.15, -0.1) is 13.2 Å². The van der Waals surface area contributed by atoms with E-state index in [4.69, 9.17) is 0 Å². The monoisotopic (exact) mass is 452 g/mol. The summed E-state index contributed by atoms with van der Waals surface area (Å²) in [5, 5.41) is 0. The fraction of sp³-hybridized carbons (Fsp3) is 0.467. The Labute approximate surface area is 196 Å². The van der Waals surface area contributed by atoms with Gasteiger partial charge in [0.1, 0.15) is 17.5 Å². The summed E-state index contributed by atoms with van der Waals surface area (Å²) in [6, 6.07) is 7.45. The van der Waals surface area contributed by atoms with Gasteiger partial charge in [0.25, 0.3) is 0 Å². The molecule has 0 aliphatic heterocycles. The van der Waals surface area contributed by atoms with Crippen molar-refractivity contribution in [2.45, 2.75) is 70.1 Å². The highest BCUT2D eigenvalue weighted by Gasteiger charge is 2.36. The van der Waals surface area contributed by atoms with Crippen LogP contribution in [0.15, 0.2) is 55.6 Å². The minimum atomic E-state index is -0.599. The molecule has 0 heterocycles. The molecule has 0 bridgehead atoms. The smallest absolute Gasteiger partial charge is 0.134 e. The second kappa shape index (κ2) is 10.8. The zero-order valence-corrected chi connectivity index (χ0v) is 19.5. The first kappa shape index (κ1) is 23.9. The van der Waals surface area contributed by atoms with Crippen molar-refractivity contribution in [3.05, 3.63) is 84.2 Å². The summed E-state index contributed by atoms with van der Waals surface area (Å²) in [4.78, 5) is 0. The predicted octanol–water partition coefficient (Wildman–Crippen LogP) is 9.16. The van der Waals surface area contributed by atoms with E-state index in [1.165, 1.54) is 43.9 Å². The third-order valence-corrected chi connectivity index (χ3v) is 8.00. The summed E-state index contributed by atoms with van der Waals surface area (Å²) >= 11 is 0. The number of aryl methyl sites for hydroxylation is 1. The molecule has 176 valence electrons. The highest BCUT2D eigenvalue weighted by atomic mass is 19.1. The van der Waals surface area contributed by atoms with Gasteiger partial charge in [-0.3, -0.25) is 0 Å². The summed E-state index contributed by atoms with van der Waals surface area (Å²) in [5.41, 5.74) is 1.40. The molecule has 4 unspecified atom stereocenters. The van der Waals surface area contributed by atoms with Crippen molar-refractivity contribution in [2.75, 3.05) is 0 Å². The molecule has 2 aliphatic rings. The number of benzene rings is 2. The molecule has 0 radical (unpaired) electrons. The Morgan fingerprint density at radius 1 is 0.788 bits per heavy atom. The van der Waals surface area contributed by atoms with E-state index in [0.717, 1.165) is 43.1 Å². The largest absolute Gasteiger partial charge is 0.207 e. The Balaban J connectivity index is 1.48. The summed E-state index contributed by atoms with van der Waals surface area (Å²) in [6.45, 7) is 7.50. The van der Waals surface area contributed by atoms with E-state index in [1.807, 2.05) is 6.08 Å². The molecule has 0 aromatic heterocycles. The minimum absolute atomic E-state index is 0.135. The van der Waals surface area contributed by atoms with Crippen LogP contribution in [0.3, 0.4) is 0 Å². The number of halogens is 3. The standard InChI is InChI=1S/C30H35F3/c1-3-5-7-20-9-10-23-16-24(13-12-22(23)15-20)26-18-28(32)30(29(33)19-26)25-14-11-21(8-6-4-2)27(31)17-25/h3-4,11,14,17-20,22-24H,1-2,5-10,12-13,15-16H2. The molecule has 2 saturated carbocycles. The van der Waals surface area contributed by atoms with Gasteiger partial charge in [-0.05, 0) is 116 Å². The molecule has 4 rings (SSSR count). The lowest BCUT2D eigenvalue weighted by Gasteiger charge is -2.42. The van der Waals surface area contributed by atoms with Crippen molar-refractivity contribution in [3.8, 4) is 11.1 Å². The van der Waals surface area contributed by atoms with Crippen molar-refractivity contribution in [3.63, 3.8) is 0 Å². The maximum Gasteiger partial charge on any atom is 0.134 e. The lowest BCUT2D eigenvalue weighted by molar-refractivity contribution is 0.115. The van der Waals surface area contributed by atoms with Crippen LogP contribution in [0.5, 0.6) is 0 Å². The number of hydrogen-bond acceptors (Lipinski definition) is 0. The lowest BCUT2D eigenvalue weighted by atomic mass is 9.63. The molecular weight excluding hydrogens is 417 g/mol. The second-order valence-electron chi connectivity index (χ2n) is 10.1. The van der Waals surface area contributed by atoms with Crippen molar-refractivity contribution >= 4 is 0 Å². The van der Waals surface area contributed by atoms with E-state index in [2.05, 4.69) is 13.2 Å². The van der Waals surface area contributed by atoms with Crippen molar-refractivity contribution in [1.29, 1.82) is 0 Å². The Kier molecular flexibility index (Phi) is 7.78. The van der Waals surface area contributed by atoms with Crippen LogP contribution >= 0.6 is 0 Å². The summed E-state index contributed by atoms with van der Waals surface area (Å²) in [6.07, 6.45) is 14.2. The summed E-state index contributed by atoms with van der Waals surface area (Å²) in [7, 11) is 0. The van der Waals surface area contributed by atoms with Gasteiger partial charge in [0.15, 0.2) is 0 Å². The third kappa shape index (κ3) is 5.45. The first-order valence-electron chi connectivity index (χ1n) is 12.5. The van der Waals surface area contributed by atoms with Crippen LogP contribution in [0.1, 0.15) is 74.8 Å². The molecule has 2 fully saturated rings. The topological polar surface area (TPSA) is 0 Å². The zero-order valence-electron chi connectivity index (χ0n) is 19.5. The molecule has 0 N–H and O–H groups in total. The van der Waals surface area contributed by atoms with Gasteiger partial charge in [0.2, 0.25) is 0 Å². The lowest BCUT2D eigenvalue weighted by Crippen LogP contribution is -2.30. The molecular formula is C30H35F3. The zero-order chi connectivity index (χ0) is 23.4. The second-order valence-corrected chi connectivity index (χ2v) is 10.1. The molecule has 0 saturated heterocycles. The Hall–Kier alpha value is -2.29. The third-order valence-electron chi connectivity index (χ3n) is 8.00. The quantitative estimate of drug-likeness (QED) is 0.350. The number of fused-ring (bicyclic) bond motifs is 1. The van der Waals surface area contributed by atoms with Gasteiger partial charge < -0.3 is 0 Å². The van der Waals surface area contributed by atoms with Crippen molar-refractivity contribution in [1.82, 2.24) is 0 Å². The van der Waals surface area contributed by atoms with Gasteiger partial charge in [0, 0.05) is 0 Å². The van der Waals surface area contributed by atoms with Crippen molar-refractivity contribution < 1.29 is 13.2 Å². The maximum atomic E-state index is 15.1. The molecule has 2 aromatic rings. The Morgan fingerprint density at radius 3 is 2.18 bits per heavy atom. The van der Waals surface area contributed by atoms with E-state index in [9.17, 15) is 4.39 Å². The average Bonchev–Trinajstić information content (AvgIpc) is 2.81. The fourth-order valence-corrected chi connectivity index (χ4v) is 6.17. The van der Waals surface area contributed by atoms with Crippen LogP contribution in [-0.4, -0.2) is 0 Å². The minimum Gasteiger partial charge on any atom is -0.207 e. The highest BCUT2D eigenvalue weighted by Crippen LogP contribution is 2.48. The van der Waals surface area contributed by atoms with Crippen molar-refractivity contribution in [2.24, 2.45) is 17.8 Å². The van der Waals surface area contributed by atoms with Crippen LogP contribution < -0.4 is 0 Å². The summed E-state index contributed by atoms with van der Waals surface area (Å²) in [5.74, 6) is 0.787. The van der Waals surface area contributed by atoms with Crippen LogP contribution in [0.25, 0.3) is 11.1 Å². The number of hydrogen-bond donors (Lipinski definition) is 0. The fourth-order valence-electron chi connectivity index (χ4n) is 6.17. The molecule has 2 aliphatic carbocycles. The van der Waals surface area contributed by atoms with E-state index < -0.39 is 17.5 Å². The van der Waals surface area contributed by atoms with Crippen LogP contribution in [0.4, 0.5) is 13.2 Å². The Morgan fingerprint density at radius 2 is 1.48 bits per heavy atom. The SMILES string of the molecule is C=CCCc1ccc(-c2c(F)cc(C3CCC4CC(CCC=C)CCC4C3)cc2F)cc1F. The number of rotatable bonds is 8. The normalized spacial score (nSPS) is 24.8. The summed E-state index contributed by atoms with van der Waals surface area (Å²) < 4.78 is 44.7. The first-order valence-corrected chi connectivity index (χ1v) is 12.5.